The Hall–Kier alpha value is -1.42. The molecule has 3 nitrogen and oxygen atoms in total. The van der Waals surface area contributed by atoms with Gasteiger partial charge in [0.05, 0.1) is 6.54 Å². The zero-order valence-corrected chi connectivity index (χ0v) is 10.3. The van der Waals surface area contributed by atoms with Crippen molar-refractivity contribution in [1.82, 2.24) is 5.32 Å². The number of carbonyl (C=O) groups excluding carboxylic acids is 1. The first-order chi connectivity index (χ1) is 8.15. The van der Waals surface area contributed by atoms with Crippen LogP contribution in [0.25, 0.3) is 0 Å². The maximum Gasteiger partial charge on any atom is 0.238 e. The van der Waals surface area contributed by atoms with Crippen LogP contribution in [-0.4, -0.2) is 18.5 Å². The molecule has 94 valence electrons. The van der Waals surface area contributed by atoms with Crippen LogP contribution in [0, 0.1) is 5.82 Å². The van der Waals surface area contributed by atoms with Gasteiger partial charge in [-0.15, -0.1) is 0 Å². The first-order valence-corrected chi connectivity index (χ1v) is 5.94. The van der Waals surface area contributed by atoms with Crippen molar-refractivity contribution >= 4 is 11.6 Å². The van der Waals surface area contributed by atoms with Crippen LogP contribution in [0.15, 0.2) is 24.3 Å². The normalized spacial score (nSPS) is 10.6. The van der Waals surface area contributed by atoms with E-state index in [4.69, 9.17) is 0 Å². The molecule has 0 radical (unpaired) electrons. The van der Waals surface area contributed by atoms with E-state index in [2.05, 4.69) is 24.5 Å². The molecule has 0 aliphatic carbocycles. The minimum absolute atomic E-state index is 0.150. The monoisotopic (exact) mass is 238 g/mol. The van der Waals surface area contributed by atoms with Crippen LogP contribution >= 0.6 is 0 Å². The topological polar surface area (TPSA) is 41.1 Å². The van der Waals surface area contributed by atoms with Crippen molar-refractivity contribution in [2.24, 2.45) is 0 Å². The number of anilines is 1. The Labute approximate surface area is 101 Å². The van der Waals surface area contributed by atoms with Crippen molar-refractivity contribution in [1.29, 1.82) is 0 Å². The number of carbonyl (C=O) groups is 1. The second-order valence-corrected chi connectivity index (χ2v) is 3.95. The van der Waals surface area contributed by atoms with Crippen LogP contribution in [0.2, 0.25) is 0 Å². The summed E-state index contributed by atoms with van der Waals surface area (Å²) in [6.45, 7) is 4.40. The largest absolute Gasteiger partial charge is 0.325 e. The van der Waals surface area contributed by atoms with Crippen molar-refractivity contribution in [2.75, 3.05) is 11.9 Å². The second-order valence-electron chi connectivity index (χ2n) is 3.95. The molecule has 1 aromatic carbocycles. The number of rotatable bonds is 6. The number of hydrogen-bond acceptors (Lipinski definition) is 2. The van der Waals surface area contributed by atoms with E-state index < -0.39 is 0 Å². The van der Waals surface area contributed by atoms with Gasteiger partial charge in [-0.1, -0.05) is 19.9 Å². The molecule has 1 rings (SSSR count). The van der Waals surface area contributed by atoms with Crippen molar-refractivity contribution in [3.63, 3.8) is 0 Å². The molecule has 0 spiro atoms. The van der Waals surface area contributed by atoms with Gasteiger partial charge in [0.2, 0.25) is 5.91 Å². The summed E-state index contributed by atoms with van der Waals surface area (Å²) >= 11 is 0. The Morgan fingerprint density at radius 2 is 2.06 bits per heavy atom. The minimum atomic E-state index is -0.351. The first kappa shape index (κ1) is 13.6. The Morgan fingerprint density at radius 1 is 1.35 bits per heavy atom. The summed E-state index contributed by atoms with van der Waals surface area (Å²) in [5, 5.41) is 5.79. The first-order valence-electron chi connectivity index (χ1n) is 5.94. The van der Waals surface area contributed by atoms with Gasteiger partial charge in [0, 0.05) is 11.7 Å². The molecule has 2 N–H and O–H groups in total. The Kier molecular flexibility index (Phi) is 5.63. The highest BCUT2D eigenvalue weighted by Crippen LogP contribution is 2.08. The molecule has 0 bridgehead atoms. The molecule has 0 aromatic heterocycles. The van der Waals surface area contributed by atoms with Crippen molar-refractivity contribution < 1.29 is 9.18 Å². The quantitative estimate of drug-likeness (QED) is 0.799. The second kappa shape index (κ2) is 7.01. The highest BCUT2D eigenvalue weighted by atomic mass is 19.1. The Balaban J connectivity index is 2.39. The van der Waals surface area contributed by atoms with Gasteiger partial charge in [0.1, 0.15) is 5.82 Å². The highest BCUT2D eigenvalue weighted by Gasteiger charge is 2.06. The molecule has 0 atom stereocenters. The fourth-order valence-electron chi connectivity index (χ4n) is 1.59. The van der Waals surface area contributed by atoms with Crippen molar-refractivity contribution in [3.8, 4) is 0 Å². The van der Waals surface area contributed by atoms with Crippen LogP contribution in [0.1, 0.15) is 26.7 Å². The molecule has 0 heterocycles. The average molecular weight is 238 g/mol. The third kappa shape index (κ3) is 4.95. The summed E-state index contributed by atoms with van der Waals surface area (Å²) in [5.41, 5.74) is 0.487. The summed E-state index contributed by atoms with van der Waals surface area (Å²) in [6, 6.07) is 6.23. The van der Waals surface area contributed by atoms with Gasteiger partial charge in [-0.3, -0.25) is 4.79 Å². The number of halogens is 1. The van der Waals surface area contributed by atoms with E-state index in [0.717, 1.165) is 12.8 Å². The summed E-state index contributed by atoms with van der Waals surface area (Å²) in [6.07, 6.45) is 1.98. The fourth-order valence-corrected chi connectivity index (χ4v) is 1.59. The lowest BCUT2D eigenvalue weighted by molar-refractivity contribution is -0.115. The van der Waals surface area contributed by atoms with Crippen LogP contribution in [0.4, 0.5) is 10.1 Å². The molecule has 1 amide bonds. The Morgan fingerprint density at radius 3 is 2.65 bits per heavy atom. The molecular formula is C13H19FN2O. The molecule has 4 heteroatoms. The van der Waals surface area contributed by atoms with E-state index in [1.54, 1.807) is 12.1 Å². The molecule has 0 aliphatic rings. The third-order valence-electron chi connectivity index (χ3n) is 2.65. The smallest absolute Gasteiger partial charge is 0.238 e. The van der Waals surface area contributed by atoms with Gasteiger partial charge in [0.25, 0.3) is 0 Å². The maximum atomic E-state index is 12.9. The molecule has 17 heavy (non-hydrogen) atoms. The van der Waals surface area contributed by atoms with Crippen LogP contribution in [0.3, 0.4) is 0 Å². The predicted octanol–water partition coefficient (Wildman–Crippen LogP) is 2.54. The molecular weight excluding hydrogens is 219 g/mol. The lowest BCUT2D eigenvalue weighted by Gasteiger charge is -2.14. The summed E-state index contributed by atoms with van der Waals surface area (Å²) < 4.78 is 12.9. The van der Waals surface area contributed by atoms with E-state index in [1.165, 1.54) is 12.1 Å². The Bertz CT molecular complexity index is 364. The lowest BCUT2D eigenvalue weighted by Crippen LogP contribution is -2.35. The summed E-state index contributed by atoms with van der Waals surface area (Å²) in [5.74, 6) is -0.502. The SMILES string of the molecule is CCC(CC)NCC(=O)Nc1cccc(F)c1. The number of hydrogen-bond donors (Lipinski definition) is 2. The zero-order chi connectivity index (χ0) is 12.7. The molecule has 0 saturated heterocycles. The fraction of sp³-hybridized carbons (Fsp3) is 0.462. The van der Waals surface area contributed by atoms with E-state index in [-0.39, 0.29) is 18.3 Å². The van der Waals surface area contributed by atoms with Gasteiger partial charge in [-0.05, 0) is 31.0 Å². The van der Waals surface area contributed by atoms with Crippen LogP contribution in [0.5, 0.6) is 0 Å². The highest BCUT2D eigenvalue weighted by molar-refractivity contribution is 5.92. The zero-order valence-electron chi connectivity index (χ0n) is 10.3. The molecule has 0 aliphatic heterocycles. The molecule has 0 fully saturated rings. The number of benzene rings is 1. The molecule has 0 unspecified atom stereocenters. The summed E-state index contributed by atoms with van der Waals surface area (Å²) in [4.78, 5) is 11.6. The molecule has 0 saturated carbocycles. The number of nitrogens with one attached hydrogen (secondary N) is 2. The average Bonchev–Trinajstić information content (AvgIpc) is 2.30. The van der Waals surface area contributed by atoms with Gasteiger partial charge in [-0.2, -0.15) is 0 Å². The standard InChI is InChI=1S/C13H19FN2O/c1-3-11(4-2)15-9-13(17)16-12-7-5-6-10(14)8-12/h5-8,11,15H,3-4,9H2,1-2H3,(H,16,17). The van der Waals surface area contributed by atoms with Gasteiger partial charge in [0.15, 0.2) is 0 Å². The van der Waals surface area contributed by atoms with Gasteiger partial charge < -0.3 is 10.6 Å². The minimum Gasteiger partial charge on any atom is -0.325 e. The predicted molar refractivity (Wildman–Crippen MR) is 67.4 cm³/mol. The van der Waals surface area contributed by atoms with Gasteiger partial charge in [-0.25, -0.2) is 4.39 Å². The van der Waals surface area contributed by atoms with Crippen molar-refractivity contribution in [2.45, 2.75) is 32.7 Å². The van der Waals surface area contributed by atoms with E-state index in [1.807, 2.05) is 0 Å². The van der Waals surface area contributed by atoms with E-state index in [0.29, 0.717) is 11.7 Å². The van der Waals surface area contributed by atoms with E-state index in [9.17, 15) is 9.18 Å². The molecule has 1 aromatic rings. The third-order valence-corrected chi connectivity index (χ3v) is 2.65. The van der Waals surface area contributed by atoms with E-state index >= 15 is 0 Å². The van der Waals surface area contributed by atoms with Crippen LogP contribution < -0.4 is 10.6 Å². The number of amides is 1. The van der Waals surface area contributed by atoms with Gasteiger partial charge >= 0.3 is 0 Å². The lowest BCUT2D eigenvalue weighted by atomic mass is 10.2. The van der Waals surface area contributed by atoms with Crippen LogP contribution in [-0.2, 0) is 4.79 Å². The maximum absolute atomic E-state index is 12.9. The van der Waals surface area contributed by atoms with Crippen molar-refractivity contribution in [3.05, 3.63) is 30.1 Å². The summed E-state index contributed by atoms with van der Waals surface area (Å²) in [7, 11) is 0.